The van der Waals surface area contributed by atoms with E-state index in [2.05, 4.69) is 10.6 Å². The minimum Gasteiger partial charge on any atom is -0.497 e. The second kappa shape index (κ2) is 7.34. The third-order valence-corrected chi connectivity index (χ3v) is 4.43. The van der Waals surface area contributed by atoms with Crippen molar-refractivity contribution in [3.63, 3.8) is 0 Å². The van der Waals surface area contributed by atoms with Crippen LogP contribution in [0.25, 0.3) is 0 Å². The predicted molar refractivity (Wildman–Crippen MR) is 106 cm³/mol. The van der Waals surface area contributed by atoms with Gasteiger partial charge in [-0.05, 0) is 56.7 Å². The SMILES string of the molecule is COc1ccc(CNC(=O)Nc2ccc3c(c2)C(=O)N(C(C)(C)C)C3=O)cc1. The second-order valence-corrected chi connectivity index (χ2v) is 7.53. The van der Waals surface area contributed by atoms with Gasteiger partial charge >= 0.3 is 6.03 Å². The Morgan fingerprint density at radius 3 is 2.25 bits per heavy atom. The molecule has 1 aliphatic heterocycles. The number of hydrogen-bond acceptors (Lipinski definition) is 4. The molecule has 1 heterocycles. The highest BCUT2D eigenvalue weighted by Crippen LogP contribution is 2.30. The van der Waals surface area contributed by atoms with Crippen molar-refractivity contribution in [2.75, 3.05) is 12.4 Å². The van der Waals surface area contributed by atoms with Crippen molar-refractivity contribution in [1.82, 2.24) is 10.2 Å². The van der Waals surface area contributed by atoms with Gasteiger partial charge in [0, 0.05) is 17.8 Å². The summed E-state index contributed by atoms with van der Waals surface area (Å²) >= 11 is 0. The molecule has 1 aliphatic rings. The molecule has 28 heavy (non-hydrogen) atoms. The molecule has 2 N–H and O–H groups in total. The molecule has 4 amide bonds. The first kappa shape index (κ1) is 19.4. The van der Waals surface area contributed by atoms with E-state index in [1.54, 1.807) is 40.0 Å². The van der Waals surface area contributed by atoms with Crippen LogP contribution >= 0.6 is 0 Å². The summed E-state index contributed by atoms with van der Waals surface area (Å²) < 4.78 is 5.10. The smallest absolute Gasteiger partial charge is 0.319 e. The summed E-state index contributed by atoms with van der Waals surface area (Å²) in [5.41, 5.74) is 1.41. The predicted octanol–water partition coefficient (Wildman–Crippen LogP) is 3.41. The van der Waals surface area contributed by atoms with Gasteiger partial charge in [0.25, 0.3) is 11.8 Å². The number of methoxy groups -OCH3 is 1. The first-order valence-corrected chi connectivity index (χ1v) is 8.91. The van der Waals surface area contributed by atoms with Crippen LogP contribution in [0.5, 0.6) is 5.75 Å². The van der Waals surface area contributed by atoms with Crippen molar-refractivity contribution in [2.24, 2.45) is 0 Å². The van der Waals surface area contributed by atoms with E-state index >= 15 is 0 Å². The summed E-state index contributed by atoms with van der Waals surface area (Å²) in [6.07, 6.45) is 0. The lowest BCUT2D eigenvalue weighted by molar-refractivity contribution is 0.0507. The fraction of sp³-hybridized carbons (Fsp3) is 0.286. The zero-order valence-corrected chi connectivity index (χ0v) is 16.3. The number of carbonyl (C=O) groups excluding carboxylic acids is 3. The normalized spacial score (nSPS) is 13.4. The van der Waals surface area contributed by atoms with Crippen LogP contribution in [-0.2, 0) is 6.54 Å². The Balaban J connectivity index is 1.66. The third-order valence-electron chi connectivity index (χ3n) is 4.43. The van der Waals surface area contributed by atoms with Gasteiger partial charge in [0.1, 0.15) is 5.75 Å². The van der Waals surface area contributed by atoms with Gasteiger partial charge in [-0.2, -0.15) is 0 Å². The van der Waals surface area contributed by atoms with Crippen molar-refractivity contribution < 1.29 is 19.1 Å². The molecule has 7 heteroatoms. The largest absolute Gasteiger partial charge is 0.497 e. The van der Waals surface area contributed by atoms with E-state index < -0.39 is 11.6 Å². The maximum absolute atomic E-state index is 12.6. The van der Waals surface area contributed by atoms with Gasteiger partial charge in [-0.3, -0.25) is 14.5 Å². The number of imide groups is 1. The average molecular weight is 381 g/mol. The van der Waals surface area contributed by atoms with Crippen molar-refractivity contribution in [3.05, 3.63) is 59.2 Å². The van der Waals surface area contributed by atoms with Crippen molar-refractivity contribution in [2.45, 2.75) is 32.9 Å². The number of fused-ring (bicyclic) bond motifs is 1. The quantitative estimate of drug-likeness (QED) is 0.795. The molecule has 2 aromatic rings. The van der Waals surface area contributed by atoms with Crippen LogP contribution in [0.15, 0.2) is 42.5 Å². The summed E-state index contributed by atoms with van der Waals surface area (Å²) in [7, 11) is 1.59. The molecule has 0 aromatic heterocycles. The molecule has 2 aromatic carbocycles. The summed E-state index contributed by atoms with van der Waals surface area (Å²) in [5, 5.41) is 5.45. The number of hydrogen-bond donors (Lipinski definition) is 2. The van der Waals surface area contributed by atoms with Gasteiger partial charge in [0.15, 0.2) is 0 Å². The summed E-state index contributed by atoms with van der Waals surface area (Å²) in [4.78, 5) is 38.5. The van der Waals surface area contributed by atoms with Crippen LogP contribution in [-0.4, -0.2) is 35.4 Å². The standard InChI is InChI=1S/C21H23N3O4/c1-21(2,3)24-18(25)16-10-7-14(11-17(16)19(24)26)23-20(27)22-12-13-5-8-15(28-4)9-6-13/h5-11H,12H2,1-4H3,(H2,22,23,27). The number of benzene rings is 2. The van der Waals surface area contributed by atoms with Gasteiger partial charge in [-0.1, -0.05) is 12.1 Å². The number of nitrogens with one attached hydrogen (secondary N) is 2. The molecular weight excluding hydrogens is 358 g/mol. The molecule has 0 aliphatic carbocycles. The topological polar surface area (TPSA) is 87.7 Å². The molecule has 7 nitrogen and oxygen atoms in total. The second-order valence-electron chi connectivity index (χ2n) is 7.53. The third kappa shape index (κ3) is 3.83. The van der Waals surface area contributed by atoms with Crippen LogP contribution in [0.3, 0.4) is 0 Å². The highest BCUT2D eigenvalue weighted by Gasteiger charge is 2.41. The van der Waals surface area contributed by atoms with Gasteiger partial charge in [0.05, 0.1) is 18.2 Å². The molecule has 146 valence electrons. The summed E-state index contributed by atoms with van der Waals surface area (Å²) in [6.45, 7) is 5.76. The highest BCUT2D eigenvalue weighted by molar-refractivity contribution is 6.22. The Labute approximate surface area is 163 Å². The number of amides is 4. The Morgan fingerprint density at radius 1 is 1.00 bits per heavy atom. The van der Waals surface area contributed by atoms with Gasteiger partial charge in [0.2, 0.25) is 0 Å². The van der Waals surface area contributed by atoms with Crippen molar-refractivity contribution >= 4 is 23.5 Å². The lowest BCUT2D eigenvalue weighted by atomic mass is 10.1. The minimum absolute atomic E-state index is 0.299. The van der Waals surface area contributed by atoms with Crippen LogP contribution in [0.1, 0.15) is 47.1 Å². The van der Waals surface area contributed by atoms with E-state index in [0.29, 0.717) is 23.4 Å². The van der Waals surface area contributed by atoms with Gasteiger partial charge < -0.3 is 15.4 Å². The number of carbonyl (C=O) groups is 3. The maximum Gasteiger partial charge on any atom is 0.319 e. The van der Waals surface area contributed by atoms with E-state index in [9.17, 15) is 14.4 Å². The number of urea groups is 1. The van der Waals surface area contributed by atoms with Crippen molar-refractivity contribution in [1.29, 1.82) is 0 Å². The van der Waals surface area contributed by atoms with E-state index in [4.69, 9.17) is 4.74 Å². The number of ether oxygens (including phenoxy) is 1. The minimum atomic E-state index is -0.615. The van der Waals surface area contributed by atoms with E-state index in [0.717, 1.165) is 11.3 Å². The first-order valence-electron chi connectivity index (χ1n) is 8.91. The lowest BCUT2D eigenvalue weighted by Gasteiger charge is -2.29. The Bertz CT molecular complexity index is 930. The molecule has 3 rings (SSSR count). The van der Waals surface area contributed by atoms with Crippen LogP contribution in [0.4, 0.5) is 10.5 Å². The zero-order valence-electron chi connectivity index (χ0n) is 16.3. The molecule has 0 fully saturated rings. The monoisotopic (exact) mass is 381 g/mol. The van der Waals surface area contributed by atoms with Crippen LogP contribution in [0, 0.1) is 0 Å². The molecule has 0 radical (unpaired) electrons. The maximum atomic E-state index is 12.6. The number of nitrogens with zero attached hydrogens (tertiary/aromatic N) is 1. The highest BCUT2D eigenvalue weighted by atomic mass is 16.5. The van der Waals surface area contributed by atoms with E-state index in [1.165, 1.54) is 11.0 Å². The zero-order chi connectivity index (χ0) is 20.5. The summed E-state index contributed by atoms with van der Waals surface area (Å²) in [6, 6.07) is 11.7. The van der Waals surface area contributed by atoms with Crippen LogP contribution < -0.4 is 15.4 Å². The van der Waals surface area contributed by atoms with Crippen LogP contribution in [0.2, 0.25) is 0 Å². The molecule has 0 saturated heterocycles. The molecule has 0 unspecified atom stereocenters. The van der Waals surface area contributed by atoms with Gasteiger partial charge in [-0.25, -0.2) is 4.79 Å². The fourth-order valence-corrected chi connectivity index (χ4v) is 3.03. The fourth-order valence-electron chi connectivity index (χ4n) is 3.03. The summed E-state index contributed by atoms with van der Waals surface area (Å²) in [5.74, 6) is 0.0765. The molecule has 0 saturated carbocycles. The first-order chi connectivity index (χ1) is 13.2. The Morgan fingerprint density at radius 2 is 1.64 bits per heavy atom. The molecule has 0 spiro atoms. The average Bonchev–Trinajstić information content (AvgIpc) is 2.90. The molecule has 0 bridgehead atoms. The molecular formula is C21H23N3O4. The Hall–Kier alpha value is -3.35. The number of anilines is 1. The van der Waals surface area contributed by atoms with E-state index in [1.807, 2.05) is 24.3 Å². The lowest BCUT2D eigenvalue weighted by Crippen LogP contribution is -2.45. The van der Waals surface area contributed by atoms with Crippen molar-refractivity contribution in [3.8, 4) is 5.75 Å². The van der Waals surface area contributed by atoms with Gasteiger partial charge in [-0.15, -0.1) is 0 Å². The molecule has 0 atom stereocenters. The Kier molecular flexibility index (Phi) is 5.09. The number of rotatable bonds is 4. The van der Waals surface area contributed by atoms with E-state index in [-0.39, 0.29) is 11.8 Å².